The summed E-state index contributed by atoms with van der Waals surface area (Å²) in [5.74, 6) is 0. The van der Waals surface area contributed by atoms with Crippen LogP contribution in [0.15, 0.2) is 16.8 Å². The molecule has 1 aromatic rings. The average Bonchev–Trinajstić information content (AvgIpc) is 2.95. The topological polar surface area (TPSA) is 15.3 Å². The van der Waals surface area contributed by atoms with Crippen molar-refractivity contribution in [3.63, 3.8) is 0 Å². The van der Waals surface area contributed by atoms with Crippen LogP contribution in [0.4, 0.5) is 4.39 Å². The van der Waals surface area contributed by atoms with E-state index in [1.165, 1.54) is 5.56 Å². The zero-order valence-electron chi connectivity index (χ0n) is 9.99. The number of nitrogens with zero attached hydrogens (tertiary/aromatic N) is 1. The van der Waals surface area contributed by atoms with Crippen molar-refractivity contribution in [2.24, 2.45) is 5.41 Å². The maximum absolute atomic E-state index is 14.1. The Morgan fingerprint density at radius 1 is 1.59 bits per heavy atom. The Labute approximate surface area is 106 Å². The summed E-state index contributed by atoms with van der Waals surface area (Å²) in [4.78, 5) is 2.40. The summed E-state index contributed by atoms with van der Waals surface area (Å²) in [6.45, 7) is 4.63. The van der Waals surface area contributed by atoms with Crippen LogP contribution in [0.2, 0.25) is 0 Å². The molecule has 0 bridgehead atoms. The third-order valence-electron chi connectivity index (χ3n) is 4.17. The molecule has 1 aromatic heterocycles. The molecule has 0 saturated carbocycles. The summed E-state index contributed by atoms with van der Waals surface area (Å²) in [7, 11) is 0. The second-order valence-electron chi connectivity index (χ2n) is 5.39. The molecule has 3 heterocycles. The summed E-state index contributed by atoms with van der Waals surface area (Å²) >= 11 is 1.74. The van der Waals surface area contributed by atoms with Crippen molar-refractivity contribution >= 4 is 11.3 Å². The van der Waals surface area contributed by atoms with Crippen molar-refractivity contribution in [3.8, 4) is 0 Å². The molecule has 2 aliphatic heterocycles. The van der Waals surface area contributed by atoms with E-state index in [1.807, 2.05) is 0 Å². The second kappa shape index (κ2) is 4.67. The molecule has 2 aliphatic rings. The molecular formula is C13H19FN2S. The van der Waals surface area contributed by atoms with Gasteiger partial charge < -0.3 is 5.32 Å². The van der Waals surface area contributed by atoms with Gasteiger partial charge in [-0.05, 0) is 48.3 Å². The monoisotopic (exact) mass is 254 g/mol. The molecule has 17 heavy (non-hydrogen) atoms. The smallest absolute Gasteiger partial charge is 0.109 e. The van der Waals surface area contributed by atoms with Crippen LogP contribution in [0, 0.1) is 5.41 Å². The number of alkyl halides is 1. The molecule has 2 unspecified atom stereocenters. The van der Waals surface area contributed by atoms with Crippen molar-refractivity contribution in [1.82, 2.24) is 10.2 Å². The first kappa shape index (κ1) is 11.6. The Morgan fingerprint density at radius 3 is 3.29 bits per heavy atom. The van der Waals surface area contributed by atoms with E-state index in [0.29, 0.717) is 6.42 Å². The van der Waals surface area contributed by atoms with Crippen molar-refractivity contribution < 1.29 is 4.39 Å². The number of nitrogens with one attached hydrogen (secondary N) is 1. The van der Waals surface area contributed by atoms with Crippen LogP contribution in [0.1, 0.15) is 18.4 Å². The number of hydrogen-bond donors (Lipinski definition) is 1. The van der Waals surface area contributed by atoms with E-state index in [4.69, 9.17) is 0 Å². The van der Waals surface area contributed by atoms with E-state index in [0.717, 1.165) is 39.1 Å². The van der Waals surface area contributed by atoms with Crippen LogP contribution in [-0.2, 0) is 6.54 Å². The lowest BCUT2D eigenvalue weighted by atomic mass is 9.78. The molecule has 1 N–H and O–H groups in total. The zero-order valence-corrected chi connectivity index (χ0v) is 10.8. The minimum Gasteiger partial charge on any atom is -0.316 e. The summed E-state index contributed by atoms with van der Waals surface area (Å²) < 4.78 is 14.1. The van der Waals surface area contributed by atoms with Crippen molar-refractivity contribution in [1.29, 1.82) is 0 Å². The quantitative estimate of drug-likeness (QED) is 0.871. The lowest BCUT2D eigenvalue weighted by molar-refractivity contribution is 0.0748. The summed E-state index contributed by atoms with van der Waals surface area (Å²) in [6.07, 6.45) is 1.08. The van der Waals surface area contributed by atoms with Gasteiger partial charge in [0.2, 0.25) is 0 Å². The van der Waals surface area contributed by atoms with Gasteiger partial charge >= 0.3 is 0 Å². The van der Waals surface area contributed by atoms with Crippen LogP contribution >= 0.6 is 11.3 Å². The highest BCUT2D eigenvalue weighted by Crippen LogP contribution is 2.39. The molecule has 2 saturated heterocycles. The molecule has 1 spiro atoms. The minimum atomic E-state index is -0.615. The van der Waals surface area contributed by atoms with Gasteiger partial charge in [0.25, 0.3) is 0 Å². The Bertz CT molecular complexity index is 368. The van der Waals surface area contributed by atoms with Crippen molar-refractivity contribution in [2.75, 3.05) is 26.2 Å². The number of rotatable bonds is 2. The molecule has 2 atom stereocenters. The van der Waals surface area contributed by atoms with Crippen LogP contribution in [0.3, 0.4) is 0 Å². The third-order valence-corrected chi connectivity index (χ3v) is 4.90. The predicted molar refractivity (Wildman–Crippen MR) is 69.0 cm³/mol. The van der Waals surface area contributed by atoms with Gasteiger partial charge in [-0.15, -0.1) is 0 Å². The van der Waals surface area contributed by atoms with Crippen molar-refractivity contribution in [3.05, 3.63) is 22.4 Å². The van der Waals surface area contributed by atoms with Gasteiger partial charge in [-0.25, -0.2) is 4.39 Å². The lowest BCUT2D eigenvalue weighted by Crippen LogP contribution is -2.49. The maximum atomic E-state index is 14.1. The molecule has 0 radical (unpaired) electrons. The molecule has 0 aromatic carbocycles. The van der Waals surface area contributed by atoms with Gasteiger partial charge in [-0.3, -0.25) is 4.90 Å². The third kappa shape index (κ3) is 2.26. The molecule has 94 valence electrons. The van der Waals surface area contributed by atoms with E-state index in [9.17, 15) is 4.39 Å². The fourth-order valence-electron chi connectivity index (χ4n) is 3.14. The highest BCUT2D eigenvalue weighted by Gasteiger charge is 2.46. The first-order valence-corrected chi connectivity index (χ1v) is 7.31. The predicted octanol–water partition coefficient (Wildman–Crippen LogP) is 2.27. The number of likely N-dealkylation sites (tertiary alicyclic amines) is 1. The maximum Gasteiger partial charge on any atom is 0.109 e. The van der Waals surface area contributed by atoms with E-state index >= 15 is 0 Å². The Kier molecular flexibility index (Phi) is 3.19. The molecule has 4 heteroatoms. The lowest BCUT2D eigenvalue weighted by Gasteiger charge is -2.37. The fraction of sp³-hybridized carbons (Fsp3) is 0.692. The molecule has 2 nitrogen and oxygen atoms in total. The van der Waals surface area contributed by atoms with Gasteiger partial charge in [-0.1, -0.05) is 0 Å². The standard InChI is InChI=1S/C13H19FN2S/c14-12-1-4-15-9-13(12)3-5-16(10-13)7-11-2-6-17-8-11/h2,6,8,12,15H,1,3-5,7,9-10H2. The van der Waals surface area contributed by atoms with Crippen LogP contribution in [0.25, 0.3) is 0 Å². The van der Waals surface area contributed by atoms with Crippen LogP contribution in [-0.4, -0.2) is 37.3 Å². The zero-order chi connectivity index (χ0) is 11.7. The summed E-state index contributed by atoms with van der Waals surface area (Å²) in [6, 6.07) is 2.17. The summed E-state index contributed by atoms with van der Waals surface area (Å²) in [5, 5.41) is 7.67. The van der Waals surface area contributed by atoms with Gasteiger partial charge in [0.15, 0.2) is 0 Å². The van der Waals surface area contributed by atoms with Gasteiger partial charge in [0, 0.05) is 25.0 Å². The second-order valence-corrected chi connectivity index (χ2v) is 6.17. The molecule has 0 amide bonds. The number of hydrogen-bond acceptors (Lipinski definition) is 3. The number of thiophene rings is 1. The van der Waals surface area contributed by atoms with Gasteiger partial charge in [-0.2, -0.15) is 11.3 Å². The van der Waals surface area contributed by atoms with Crippen molar-refractivity contribution in [2.45, 2.75) is 25.6 Å². The van der Waals surface area contributed by atoms with E-state index < -0.39 is 6.17 Å². The normalized spacial score (nSPS) is 34.5. The molecule has 2 fully saturated rings. The number of piperidine rings is 1. The largest absolute Gasteiger partial charge is 0.316 e. The Hall–Kier alpha value is -0.450. The fourth-order valence-corrected chi connectivity index (χ4v) is 3.80. The van der Waals surface area contributed by atoms with Crippen LogP contribution in [0.5, 0.6) is 0 Å². The average molecular weight is 254 g/mol. The minimum absolute atomic E-state index is 0.103. The highest BCUT2D eigenvalue weighted by atomic mass is 32.1. The SMILES string of the molecule is FC1CCNCC12CCN(Cc1ccsc1)C2. The van der Waals surface area contributed by atoms with E-state index in [1.54, 1.807) is 11.3 Å². The van der Waals surface area contributed by atoms with Gasteiger partial charge in [0.05, 0.1) is 0 Å². The Balaban J connectivity index is 1.64. The first-order chi connectivity index (χ1) is 8.28. The molecular weight excluding hydrogens is 235 g/mol. The summed E-state index contributed by atoms with van der Waals surface area (Å²) in [5.41, 5.74) is 1.26. The van der Waals surface area contributed by atoms with Gasteiger partial charge in [0.1, 0.15) is 6.17 Å². The molecule has 0 aliphatic carbocycles. The molecule has 3 rings (SSSR count). The van der Waals surface area contributed by atoms with Crippen LogP contribution < -0.4 is 5.32 Å². The Morgan fingerprint density at radius 2 is 2.53 bits per heavy atom. The highest BCUT2D eigenvalue weighted by molar-refractivity contribution is 7.07. The van der Waals surface area contributed by atoms with E-state index in [2.05, 4.69) is 27.0 Å². The number of halogens is 1. The van der Waals surface area contributed by atoms with E-state index in [-0.39, 0.29) is 5.41 Å². The first-order valence-electron chi connectivity index (χ1n) is 6.37.